The zero-order chi connectivity index (χ0) is 13.6. The first-order valence-corrected chi connectivity index (χ1v) is 7.57. The van der Waals surface area contributed by atoms with Crippen LogP contribution in [0.1, 0.15) is 40.5 Å². The van der Waals surface area contributed by atoms with Crippen LogP contribution in [0.3, 0.4) is 0 Å². The Morgan fingerprint density at radius 3 is 2.33 bits per heavy atom. The SMILES string of the molecule is CCNC(CN(C)CCN1CCCC1)C(C)(C)C. The van der Waals surface area contributed by atoms with Crippen LogP contribution < -0.4 is 5.32 Å². The van der Waals surface area contributed by atoms with Crippen molar-refractivity contribution in [3.63, 3.8) is 0 Å². The number of rotatable bonds is 7. The molecular weight excluding hydrogens is 222 g/mol. The third kappa shape index (κ3) is 5.68. The molecule has 1 fully saturated rings. The van der Waals surface area contributed by atoms with Crippen LogP contribution >= 0.6 is 0 Å². The second-order valence-corrected chi connectivity index (χ2v) is 6.79. The number of likely N-dealkylation sites (N-methyl/N-ethyl adjacent to an activating group) is 2. The normalized spacial score (nSPS) is 19.7. The molecule has 1 aliphatic rings. The smallest absolute Gasteiger partial charge is 0.0243 e. The molecule has 0 aliphatic carbocycles. The van der Waals surface area contributed by atoms with E-state index in [1.807, 2.05) is 0 Å². The number of hydrogen-bond donors (Lipinski definition) is 1. The van der Waals surface area contributed by atoms with E-state index in [-0.39, 0.29) is 0 Å². The van der Waals surface area contributed by atoms with Gasteiger partial charge in [0.25, 0.3) is 0 Å². The molecule has 1 rings (SSSR count). The summed E-state index contributed by atoms with van der Waals surface area (Å²) in [4.78, 5) is 5.08. The monoisotopic (exact) mass is 255 g/mol. The molecule has 1 N–H and O–H groups in total. The first-order valence-electron chi connectivity index (χ1n) is 7.57. The molecule has 3 heteroatoms. The summed E-state index contributed by atoms with van der Waals surface area (Å²) < 4.78 is 0. The van der Waals surface area contributed by atoms with Gasteiger partial charge in [-0.2, -0.15) is 0 Å². The number of nitrogens with zero attached hydrogens (tertiary/aromatic N) is 2. The van der Waals surface area contributed by atoms with Crippen LogP contribution in [0.25, 0.3) is 0 Å². The molecule has 1 heterocycles. The fourth-order valence-corrected chi connectivity index (χ4v) is 2.61. The largest absolute Gasteiger partial charge is 0.312 e. The van der Waals surface area contributed by atoms with Gasteiger partial charge in [0.1, 0.15) is 0 Å². The maximum Gasteiger partial charge on any atom is 0.0243 e. The van der Waals surface area contributed by atoms with Crippen LogP contribution in [0.2, 0.25) is 0 Å². The molecule has 0 aromatic heterocycles. The van der Waals surface area contributed by atoms with E-state index in [4.69, 9.17) is 0 Å². The minimum absolute atomic E-state index is 0.331. The Labute approximate surface area is 114 Å². The third-order valence-corrected chi connectivity index (χ3v) is 3.99. The van der Waals surface area contributed by atoms with Crippen molar-refractivity contribution < 1.29 is 0 Å². The van der Waals surface area contributed by atoms with E-state index in [9.17, 15) is 0 Å². The second kappa shape index (κ2) is 7.46. The molecule has 0 saturated carbocycles. The Morgan fingerprint density at radius 2 is 1.83 bits per heavy atom. The van der Waals surface area contributed by atoms with Crippen LogP contribution in [0.4, 0.5) is 0 Å². The molecule has 0 aromatic carbocycles. The van der Waals surface area contributed by atoms with Crippen molar-refractivity contribution in [2.75, 3.05) is 46.3 Å². The molecule has 0 spiro atoms. The third-order valence-electron chi connectivity index (χ3n) is 3.99. The Morgan fingerprint density at radius 1 is 1.22 bits per heavy atom. The second-order valence-electron chi connectivity index (χ2n) is 6.79. The van der Waals surface area contributed by atoms with Crippen molar-refractivity contribution in [3.05, 3.63) is 0 Å². The van der Waals surface area contributed by atoms with E-state index in [1.165, 1.54) is 39.0 Å². The van der Waals surface area contributed by atoms with Crippen molar-refractivity contribution in [2.45, 2.75) is 46.6 Å². The fourth-order valence-electron chi connectivity index (χ4n) is 2.61. The standard InChI is InChI=1S/C15H33N3/c1-6-16-14(15(2,3)4)13-17(5)11-12-18-9-7-8-10-18/h14,16H,6-13H2,1-5H3. The van der Waals surface area contributed by atoms with Crippen molar-refractivity contribution in [2.24, 2.45) is 5.41 Å². The zero-order valence-corrected chi connectivity index (χ0v) is 13.1. The molecule has 1 atom stereocenters. The van der Waals surface area contributed by atoms with Gasteiger partial charge in [0.2, 0.25) is 0 Å². The van der Waals surface area contributed by atoms with Gasteiger partial charge in [0.05, 0.1) is 0 Å². The highest BCUT2D eigenvalue weighted by molar-refractivity contribution is 4.82. The summed E-state index contributed by atoms with van der Waals surface area (Å²) in [6.45, 7) is 16.4. The molecule has 18 heavy (non-hydrogen) atoms. The lowest BCUT2D eigenvalue weighted by Gasteiger charge is -2.35. The lowest BCUT2D eigenvalue weighted by atomic mass is 9.86. The minimum atomic E-state index is 0.331. The van der Waals surface area contributed by atoms with E-state index < -0.39 is 0 Å². The van der Waals surface area contributed by atoms with E-state index >= 15 is 0 Å². The van der Waals surface area contributed by atoms with Crippen molar-refractivity contribution >= 4 is 0 Å². The Hall–Kier alpha value is -0.120. The molecule has 3 nitrogen and oxygen atoms in total. The Bertz CT molecular complexity index is 216. The van der Waals surface area contributed by atoms with Crippen molar-refractivity contribution in [1.82, 2.24) is 15.1 Å². The van der Waals surface area contributed by atoms with Crippen LogP contribution in [0.15, 0.2) is 0 Å². The summed E-state index contributed by atoms with van der Waals surface area (Å²) in [6.07, 6.45) is 2.79. The van der Waals surface area contributed by atoms with Crippen molar-refractivity contribution in [1.29, 1.82) is 0 Å². The first-order chi connectivity index (χ1) is 8.43. The summed E-state index contributed by atoms with van der Waals surface area (Å²) in [5.74, 6) is 0. The molecule has 0 bridgehead atoms. The molecule has 0 aromatic rings. The quantitative estimate of drug-likeness (QED) is 0.751. The van der Waals surface area contributed by atoms with E-state index in [2.05, 4.69) is 49.9 Å². The summed E-state index contributed by atoms with van der Waals surface area (Å²) >= 11 is 0. The average molecular weight is 255 g/mol. The summed E-state index contributed by atoms with van der Waals surface area (Å²) in [5, 5.41) is 3.63. The van der Waals surface area contributed by atoms with Gasteiger partial charge in [-0.15, -0.1) is 0 Å². The first kappa shape index (κ1) is 15.9. The number of nitrogens with one attached hydrogen (secondary N) is 1. The molecule has 0 radical (unpaired) electrons. The molecule has 1 unspecified atom stereocenters. The average Bonchev–Trinajstić information content (AvgIpc) is 2.77. The maximum atomic E-state index is 3.63. The predicted molar refractivity (Wildman–Crippen MR) is 80.1 cm³/mol. The Balaban J connectivity index is 2.28. The van der Waals surface area contributed by atoms with E-state index in [0.29, 0.717) is 11.5 Å². The minimum Gasteiger partial charge on any atom is -0.312 e. The highest BCUT2D eigenvalue weighted by atomic mass is 15.2. The van der Waals surface area contributed by atoms with Crippen molar-refractivity contribution in [3.8, 4) is 0 Å². The molecule has 108 valence electrons. The van der Waals surface area contributed by atoms with Gasteiger partial charge in [-0.25, -0.2) is 0 Å². The van der Waals surface area contributed by atoms with Gasteiger partial charge in [-0.3, -0.25) is 0 Å². The molecule has 0 amide bonds. The lowest BCUT2D eigenvalue weighted by Crippen LogP contribution is -2.48. The highest BCUT2D eigenvalue weighted by Gasteiger charge is 2.24. The summed E-state index contributed by atoms with van der Waals surface area (Å²) in [6, 6.07) is 0.575. The highest BCUT2D eigenvalue weighted by Crippen LogP contribution is 2.19. The number of hydrogen-bond acceptors (Lipinski definition) is 3. The van der Waals surface area contributed by atoms with Gasteiger partial charge in [0, 0.05) is 25.7 Å². The maximum absolute atomic E-state index is 3.63. The van der Waals surface area contributed by atoms with Crippen LogP contribution in [-0.2, 0) is 0 Å². The Kier molecular flexibility index (Phi) is 6.61. The van der Waals surface area contributed by atoms with Crippen LogP contribution in [-0.4, -0.2) is 62.2 Å². The topological polar surface area (TPSA) is 18.5 Å². The molecule has 1 saturated heterocycles. The molecular formula is C15H33N3. The fraction of sp³-hybridized carbons (Fsp3) is 1.00. The summed E-state index contributed by atoms with van der Waals surface area (Å²) in [5.41, 5.74) is 0.331. The van der Waals surface area contributed by atoms with Gasteiger partial charge < -0.3 is 15.1 Å². The van der Waals surface area contributed by atoms with E-state index in [1.54, 1.807) is 0 Å². The summed E-state index contributed by atoms with van der Waals surface area (Å²) in [7, 11) is 2.26. The predicted octanol–water partition coefficient (Wildman–Crippen LogP) is 2.04. The zero-order valence-electron chi connectivity index (χ0n) is 13.1. The lowest BCUT2D eigenvalue weighted by molar-refractivity contribution is 0.182. The van der Waals surface area contributed by atoms with E-state index in [0.717, 1.165) is 13.1 Å². The van der Waals surface area contributed by atoms with Gasteiger partial charge in [0.15, 0.2) is 0 Å². The van der Waals surface area contributed by atoms with Crippen LogP contribution in [0, 0.1) is 5.41 Å². The van der Waals surface area contributed by atoms with Gasteiger partial charge in [-0.1, -0.05) is 27.7 Å². The number of likely N-dealkylation sites (tertiary alicyclic amines) is 1. The van der Waals surface area contributed by atoms with Crippen LogP contribution in [0.5, 0.6) is 0 Å². The van der Waals surface area contributed by atoms with Gasteiger partial charge in [-0.05, 0) is 44.9 Å². The molecule has 1 aliphatic heterocycles. The van der Waals surface area contributed by atoms with Gasteiger partial charge >= 0.3 is 0 Å².